The van der Waals surface area contributed by atoms with Crippen molar-refractivity contribution in [1.29, 1.82) is 0 Å². The fourth-order valence-corrected chi connectivity index (χ4v) is 2.31. The molecule has 1 aliphatic carbocycles. The lowest BCUT2D eigenvalue weighted by molar-refractivity contribution is 0.239. The molecule has 1 aromatic carbocycles. The Bertz CT molecular complexity index is 357. The van der Waals surface area contributed by atoms with Crippen LogP contribution < -0.4 is 0 Å². The minimum absolute atomic E-state index is 0.0205. The highest BCUT2D eigenvalue weighted by molar-refractivity contribution is 5.31. The van der Waals surface area contributed by atoms with Gasteiger partial charge in [0.15, 0.2) is 0 Å². The lowest BCUT2D eigenvalue weighted by atomic mass is 9.99. The van der Waals surface area contributed by atoms with E-state index in [1.165, 1.54) is 18.4 Å². The van der Waals surface area contributed by atoms with Gasteiger partial charge in [-0.15, -0.1) is 0 Å². The lowest BCUT2D eigenvalue weighted by Crippen LogP contribution is -2.32. The molecule has 0 unspecified atom stereocenters. The smallest absolute Gasteiger partial charge is 0.127 e. The van der Waals surface area contributed by atoms with Crippen LogP contribution in [0.25, 0.3) is 0 Å². The summed E-state index contributed by atoms with van der Waals surface area (Å²) in [4.78, 5) is 2.42. The number of nitrogens with zero attached hydrogens (tertiary/aromatic N) is 1. The van der Waals surface area contributed by atoms with Gasteiger partial charge < -0.3 is 0 Å². The van der Waals surface area contributed by atoms with E-state index in [0.29, 0.717) is 0 Å². The van der Waals surface area contributed by atoms with E-state index < -0.39 is 0 Å². The summed E-state index contributed by atoms with van der Waals surface area (Å²) in [6, 6.07) is 6.21. The van der Waals surface area contributed by atoms with Crippen LogP contribution in [0.1, 0.15) is 24.0 Å². The van der Waals surface area contributed by atoms with Crippen molar-refractivity contribution in [1.82, 2.24) is 4.90 Å². The van der Waals surface area contributed by atoms with Crippen molar-refractivity contribution in [2.75, 3.05) is 6.54 Å². The number of benzene rings is 1. The molecule has 0 atom stereocenters. The highest BCUT2D eigenvalue weighted by Crippen LogP contribution is 2.32. The first-order valence-corrected chi connectivity index (χ1v) is 5.35. The molecule has 1 heterocycles. The van der Waals surface area contributed by atoms with Crippen molar-refractivity contribution in [3.05, 3.63) is 35.1 Å². The van der Waals surface area contributed by atoms with E-state index in [4.69, 9.17) is 0 Å². The van der Waals surface area contributed by atoms with E-state index in [2.05, 4.69) is 11.0 Å². The van der Waals surface area contributed by atoms with Gasteiger partial charge in [-0.2, -0.15) is 0 Å². The first-order valence-electron chi connectivity index (χ1n) is 5.35. The monoisotopic (exact) mass is 191 g/mol. The van der Waals surface area contributed by atoms with Crippen LogP contribution >= 0.6 is 0 Å². The van der Waals surface area contributed by atoms with Gasteiger partial charge in [0.2, 0.25) is 0 Å². The second-order valence-corrected chi connectivity index (χ2v) is 4.33. The first kappa shape index (κ1) is 8.42. The molecule has 1 nitrogen and oxygen atoms in total. The van der Waals surface area contributed by atoms with Crippen LogP contribution in [0.4, 0.5) is 4.39 Å². The zero-order chi connectivity index (χ0) is 9.54. The molecule has 1 saturated carbocycles. The van der Waals surface area contributed by atoms with Gasteiger partial charge >= 0.3 is 0 Å². The highest BCUT2D eigenvalue weighted by Gasteiger charge is 2.31. The third-order valence-corrected chi connectivity index (χ3v) is 3.31. The Morgan fingerprint density at radius 1 is 1.29 bits per heavy atom. The number of hydrogen-bond donors (Lipinski definition) is 0. The summed E-state index contributed by atoms with van der Waals surface area (Å²) in [6.07, 6.45) is 3.64. The van der Waals surface area contributed by atoms with Crippen LogP contribution in [-0.4, -0.2) is 17.5 Å². The SMILES string of the molecule is Fc1cccc2c1CN(C1CC1)CC2. The van der Waals surface area contributed by atoms with E-state index in [1.807, 2.05) is 6.07 Å². The van der Waals surface area contributed by atoms with Gasteiger partial charge in [-0.3, -0.25) is 4.90 Å². The van der Waals surface area contributed by atoms with E-state index in [1.54, 1.807) is 6.07 Å². The quantitative estimate of drug-likeness (QED) is 0.658. The van der Waals surface area contributed by atoms with Crippen LogP contribution in [0, 0.1) is 5.82 Å². The van der Waals surface area contributed by atoms with Crippen LogP contribution in [-0.2, 0) is 13.0 Å². The van der Waals surface area contributed by atoms with Gasteiger partial charge in [-0.05, 0) is 30.9 Å². The van der Waals surface area contributed by atoms with Crippen molar-refractivity contribution < 1.29 is 4.39 Å². The number of fused-ring (bicyclic) bond motifs is 1. The topological polar surface area (TPSA) is 3.24 Å². The Morgan fingerprint density at radius 2 is 2.14 bits per heavy atom. The number of halogens is 1. The van der Waals surface area contributed by atoms with E-state index in [9.17, 15) is 4.39 Å². The first-order chi connectivity index (χ1) is 6.84. The molecule has 1 aliphatic heterocycles. The van der Waals surface area contributed by atoms with Gasteiger partial charge in [0.05, 0.1) is 0 Å². The van der Waals surface area contributed by atoms with Gasteiger partial charge in [0.25, 0.3) is 0 Å². The number of hydrogen-bond acceptors (Lipinski definition) is 1. The Morgan fingerprint density at radius 3 is 2.93 bits per heavy atom. The van der Waals surface area contributed by atoms with Gasteiger partial charge in [-0.1, -0.05) is 12.1 Å². The summed E-state index contributed by atoms with van der Waals surface area (Å²) in [5.74, 6) is -0.0205. The normalized spacial score (nSPS) is 22.1. The summed E-state index contributed by atoms with van der Waals surface area (Å²) in [7, 11) is 0. The lowest BCUT2D eigenvalue weighted by Gasteiger charge is -2.28. The summed E-state index contributed by atoms with van der Waals surface area (Å²) < 4.78 is 13.5. The maximum absolute atomic E-state index is 13.5. The van der Waals surface area contributed by atoms with E-state index in [-0.39, 0.29) is 5.82 Å². The van der Waals surface area contributed by atoms with Gasteiger partial charge in [0, 0.05) is 24.7 Å². The summed E-state index contributed by atoms with van der Waals surface area (Å²) >= 11 is 0. The second kappa shape index (κ2) is 3.06. The molecule has 0 saturated heterocycles. The minimum Gasteiger partial charge on any atom is -0.296 e. The average molecular weight is 191 g/mol. The maximum atomic E-state index is 13.5. The molecule has 74 valence electrons. The predicted octanol–water partition coefficient (Wildman–Crippen LogP) is 2.35. The highest BCUT2D eigenvalue weighted by atomic mass is 19.1. The third kappa shape index (κ3) is 1.34. The molecule has 0 spiro atoms. The molecular weight excluding hydrogens is 177 g/mol. The van der Waals surface area contributed by atoms with Crippen molar-refractivity contribution in [2.24, 2.45) is 0 Å². The summed E-state index contributed by atoms with van der Waals surface area (Å²) in [6.45, 7) is 1.94. The second-order valence-electron chi connectivity index (χ2n) is 4.33. The molecule has 2 heteroatoms. The minimum atomic E-state index is -0.0205. The molecule has 1 fully saturated rings. The molecule has 0 radical (unpaired) electrons. The average Bonchev–Trinajstić information content (AvgIpc) is 3.01. The Hall–Kier alpha value is -0.890. The van der Waals surface area contributed by atoms with Crippen LogP contribution in [0.15, 0.2) is 18.2 Å². The molecule has 2 aliphatic rings. The van der Waals surface area contributed by atoms with E-state index >= 15 is 0 Å². The van der Waals surface area contributed by atoms with Crippen LogP contribution in [0.2, 0.25) is 0 Å². The Kier molecular flexibility index (Phi) is 1.84. The van der Waals surface area contributed by atoms with Crippen LogP contribution in [0.3, 0.4) is 0 Å². The molecule has 3 rings (SSSR count). The zero-order valence-electron chi connectivity index (χ0n) is 8.17. The Balaban J connectivity index is 1.91. The van der Waals surface area contributed by atoms with Crippen molar-refractivity contribution in [2.45, 2.75) is 31.8 Å². The standard InChI is InChI=1S/C12H14FN/c13-12-3-1-2-9-6-7-14(8-11(9)12)10-4-5-10/h1-3,10H,4-8H2. The molecule has 0 amide bonds. The zero-order valence-corrected chi connectivity index (χ0v) is 8.17. The molecule has 0 bridgehead atoms. The largest absolute Gasteiger partial charge is 0.296 e. The van der Waals surface area contributed by atoms with Crippen molar-refractivity contribution >= 4 is 0 Å². The molecule has 14 heavy (non-hydrogen) atoms. The van der Waals surface area contributed by atoms with Crippen molar-refractivity contribution in [3.8, 4) is 0 Å². The van der Waals surface area contributed by atoms with Crippen molar-refractivity contribution in [3.63, 3.8) is 0 Å². The molecule has 1 aromatic rings. The fourth-order valence-electron chi connectivity index (χ4n) is 2.31. The molecular formula is C12H14FN. The Labute approximate surface area is 83.5 Å². The van der Waals surface area contributed by atoms with Crippen LogP contribution in [0.5, 0.6) is 0 Å². The number of rotatable bonds is 1. The third-order valence-electron chi connectivity index (χ3n) is 3.31. The van der Waals surface area contributed by atoms with Gasteiger partial charge in [-0.25, -0.2) is 4.39 Å². The fraction of sp³-hybridized carbons (Fsp3) is 0.500. The van der Waals surface area contributed by atoms with E-state index in [0.717, 1.165) is 31.1 Å². The predicted molar refractivity (Wildman–Crippen MR) is 53.5 cm³/mol. The maximum Gasteiger partial charge on any atom is 0.127 e. The molecule has 0 N–H and O–H groups in total. The summed E-state index contributed by atoms with van der Waals surface area (Å²) in [5, 5.41) is 0. The molecule has 0 aromatic heterocycles. The van der Waals surface area contributed by atoms with Gasteiger partial charge in [0.1, 0.15) is 5.82 Å². The summed E-state index contributed by atoms with van der Waals surface area (Å²) in [5.41, 5.74) is 2.15.